The number of aromatic nitrogens is 2. The van der Waals surface area contributed by atoms with Gasteiger partial charge >= 0.3 is 0 Å². The van der Waals surface area contributed by atoms with Gasteiger partial charge in [0.2, 0.25) is 12.7 Å². The molecule has 0 atom stereocenters. The molecule has 0 saturated carbocycles. The molecule has 1 saturated heterocycles. The van der Waals surface area contributed by atoms with Crippen LogP contribution in [0.25, 0.3) is 10.9 Å². The number of nitrogens with one attached hydrogen (secondary N) is 1. The number of fused-ring (bicyclic) bond motifs is 2. The second-order valence-corrected chi connectivity index (χ2v) is 8.56. The van der Waals surface area contributed by atoms with Gasteiger partial charge in [-0.15, -0.1) is 0 Å². The molecule has 5 rings (SSSR count). The molecule has 3 heterocycles. The van der Waals surface area contributed by atoms with E-state index in [-0.39, 0.29) is 36.0 Å². The van der Waals surface area contributed by atoms with Gasteiger partial charge in [-0.3, -0.25) is 14.2 Å². The van der Waals surface area contributed by atoms with Crippen molar-refractivity contribution in [3.63, 3.8) is 0 Å². The fourth-order valence-corrected chi connectivity index (χ4v) is 4.57. The van der Waals surface area contributed by atoms with Crippen LogP contribution in [0.4, 0.5) is 5.69 Å². The monoisotopic (exact) mass is 472 g/mol. The summed E-state index contributed by atoms with van der Waals surface area (Å²) < 4.78 is 12.4. The zero-order valence-corrected chi connectivity index (χ0v) is 18.7. The number of ether oxygens (including phenoxy) is 2. The molecule has 2 aromatic carbocycles. The Morgan fingerprint density at radius 3 is 2.59 bits per heavy atom. The van der Waals surface area contributed by atoms with Gasteiger partial charge in [-0.25, -0.2) is 0 Å². The van der Waals surface area contributed by atoms with E-state index < -0.39 is 0 Å². The fourth-order valence-electron chi connectivity index (χ4n) is 4.10. The van der Waals surface area contributed by atoms with Crippen LogP contribution < -0.4 is 19.9 Å². The first-order valence-electron chi connectivity index (χ1n) is 10.3. The summed E-state index contributed by atoms with van der Waals surface area (Å²) in [5, 5.41) is 1.15. The summed E-state index contributed by atoms with van der Waals surface area (Å²) in [7, 11) is 0. The predicted octanol–water partition coefficient (Wildman–Crippen LogP) is 3.18. The molecule has 166 valence electrons. The van der Waals surface area contributed by atoms with Crippen LogP contribution >= 0.6 is 23.8 Å². The standard InChI is InChI=1S/C22H21ClN4O4S/c23-14-2-1-3-15(10-14)25-6-8-26(9-7-25)20(28)4-5-27-21(29)16-11-18-19(31-13-30-18)12-17(16)24-22(27)32/h1-3,10-12H,4-9,13H2,(H,24,32). The van der Waals surface area contributed by atoms with Crippen LogP contribution in [0.1, 0.15) is 6.42 Å². The average molecular weight is 473 g/mol. The van der Waals surface area contributed by atoms with Crippen molar-refractivity contribution in [1.82, 2.24) is 14.5 Å². The highest BCUT2D eigenvalue weighted by Crippen LogP contribution is 2.34. The van der Waals surface area contributed by atoms with E-state index in [4.69, 9.17) is 33.3 Å². The molecule has 0 aliphatic carbocycles. The Bertz CT molecular complexity index is 1310. The molecular formula is C22H21ClN4O4S. The zero-order valence-electron chi connectivity index (χ0n) is 17.2. The number of carbonyl (C=O) groups excluding carboxylic acids is 1. The highest BCUT2D eigenvalue weighted by molar-refractivity contribution is 7.71. The second kappa shape index (κ2) is 8.48. The summed E-state index contributed by atoms with van der Waals surface area (Å²) in [5.41, 5.74) is 1.39. The molecule has 1 N–H and O–H groups in total. The van der Waals surface area contributed by atoms with Crippen molar-refractivity contribution in [2.75, 3.05) is 37.9 Å². The third kappa shape index (κ3) is 3.93. The topological polar surface area (TPSA) is 79.8 Å². The highest BCUT2D eigenvalue weighted by Gasteiger charge is 2.22. The van der Waals surface area contributed by atoms with E-state index >= 15 is 0 Å². The van der Waals surface area contributed by atoms with Gasteiger partial charge in [0.25, 0.3) is 5.56 Å². The van der Waals surface area contributed by atoms with Crippen LogP contribution in [0.2, 0.25) is 5.02 Å². The summed E-state index contributed by atoms with van der Waals surface area (Å²) >= 11 is 11.5. The molecule has 0 bridgehead atoms. The van der Waals surface area contributed by atoms with Crippen molar-refractivity contribution >= 4 is 46.3 Å². The summed E-state index contributed by atoms with van der Waals surface area (Å²) in [4.78, 5) is 32.9. The van der Waals surface area contributed by atoms with Crippen LogP contribution in [0, 0.1) is 4.77 Å². The lowest BCUT2D eigenvalue weighted by Gasteiger charge is -2.36. The normalized spacial score (nSPS) is 15.4. The maximum atomic E-state index is 13.0. The van der Waals surface area contributed by atoms with Crippen LogP contribution in [-0.2, 0) is 11.3 Å². The molecule has 2 aliphatic rings. The SMILES string of the molecule is O=C(CCn1c(=S)[nH]c2cc3c(cc2c1=O)OCO3)N1CCN(c2cccc(Cl)c2)CC1. The van der Waals surface area contributed by atoms with E-state index in [9.17, 15) is 9.59 Å². The molecule has 2 aliphatic heterocycles. The largest absolute Gasteiger partial charge is 0.454 e. The first kappa shape index (κ1) is 20.8. The van der Waals surface area contributed by atoms with Crippen LogP contribution in [0.5, 0.6) is 11.5 Å². The molecule has 1 amide bonds. The average Bonchev–Trinajstić information content (AvgIpc) is 3.25. The Kier molecular flexibility index (Phi) is 5.52. The minimum atomic E-state index is -0.249. The van der Waals surface area contributed by atoms with E-state index in [0.29, 0.717) is 40.5 Å². The Morgan fingerprint density at radius 1 is 1.09 bits per heavy atom. The molecule has 3 aromatic rings. The van der Waals surface area contributed by atoms with Gasteiger partial charge in [-0.05, 0) is 36.5 Å². The second-order valence-electron chi connectivity index (χ2n) is 7.74. The quantitative estimate of drug-likeness (QED) is 0.587. The van der Waals surface area contributed by atoms with E-state index in [1.807, 2.05) is 29.2 Å². The van der Waals surface area contributed by atoms with Crippen molar-refractivity contribution in [3.05, 3.63) is 56.5 Å². The number of rotatable bonds is 4. The predicted molar refractivity (Wildman–Crippen MR) is 124 cm³/mol. The number of H-pyrrole nitrogens is 1. The number of anilines is 1. The van der Waals surface area contributed by atoms with Crippen LogP contribution in [0.15, 0.2) is 41.2 Å². The van der Waals surface area contributed by atoms with E-state index in [1.165, 1.54) is 4.57 Å². The van der Waals surface area contributed by atoms with Gasteiger partial charge in [0, 0.05) is 55.9 Å². The minimum Gasteiger partial charge on any atom is -0.454 e. The van der Waals surface area contributed by atoms with E-state index in [1.54, 1.807) is 12.1 Å². The number of hydrogen-bond donors (Lipinski definition) is 1. The molecule has 0 radical (unpaired) electrons. The first-order chi connectivity index (χ1) is 15.5. The van der Waals surface area contributed by atoms with Gasteiger partial charge in [0.15, 0.2) is 16.3 Å². The smallest absolute Gasteiger partial charge is 0.262 e. The van der Waals surface area contributed by atoms with Crippen molar-refractivity contribution < 1.29 is 14.3 Å². The van der Waals surface area contributed by atoms with Crippen molar-refractivity contribution in [3.8, 4) is 11.5 Å². The zero-order chi connectivity index (χ0) is 22.2. The molecule has 0 spiro atoms. The van der Waals surface area contributed by atoms with Crippen molar-refractivity contribution in [2.24, 2.45) is 0 Å². The maximum Gasteiger partial charge on any atom is 0.262 e. The third-order valence-corrected chi connectivity index (χ3v) is 6.39. The van der Waals surface area contributed by atoms with Gasteiger partial charge < -0.3 is 24.3 Å². The summed E-state index contributed by atoms with van der Waals surface area (Å²) in [6.07, 6.45) is 0.199. The molecule has 8 nitrogen and oxygen atoms in total. The Hall–Kier alpha value is -3.04. The van der Waals surface area contributed by atoms with Gasteiger partial charge in [-0.2, -0.15) is 0 Å². The number of amides is 1. The lowest BCUT2D eigenvalue weighted by molar-refractivity contribution is -0.131. The molecule has 10 heteroatoms. The molecular weight excluding hydrogens is 452 g/mol. The number of nitrogens with zero attached hydrogens (tertiary/aromatic N) is 3. The molecule has 1 aromatic heterocycles. The minimum absolute atomic E-state index is 0.00262. The number of hydrogen-bond acceptors (Lipinski definition) is 6. The maximum absolute atomic E-state index is 13.0. The van der Waals surface area contributed by atoms with E-state index in [2.05, 4.69) is 9.88 Å². The Morgan fingerprint density at radius 2 is 1.84 bits per heavy atom. The number of aromatic amines is 1. The van der Waals surface area contributed by atoms with E-state index in [0.717, 1.165) is 18.8 Å². The Labute approximate surface area is 193 Å². The lowest BCUT2D eigenvalue weighted by atomic mass is 10.2. The summed E-state index contributed by atoms with van der Waals surface area (Å²) in [5.74, 6) is 1.11. The first-order valence-corrected chi connectivity index (χ1v) is 11.1. The van der Waals surface area contributed by atoms with Crippen molar-refractivity contribution in [2.45, 2.75) is 13.0 Å². The van der Waals surface area contributed by atoms with Crippen molar-refractivity contribution in [1.29, 1.82) is 0 Å². The lowest BCUT2D eigenvalue weighted by Crippen LogP contribution is -2.49. The highest BCUT2D eigenvalue weighted by atomic mass is 35.5. The molecule has 0 unspecified atom stereocenters. The number of halogens is 1. The molecule has 32 heavy (non-hydrogen) atoms. The van der Waals surface area contributed by atoms with Gasteiger partial charge in [0.1, 0.15) is 0 Å². The third-order valence-electron chi connectivity index (χ3n) is 5.83. The summed E-state index contributed by atoms with van der Waals surface area (Å²) in [6, 6.07) is 11.1. The van der Waals surface area contributed by atoms with Crippen LogP contribution in [-0.4, -0.2) is 53.3 Å². The number of benzene rings is 2. The van der Waals surface area contributed by atoms with Gasteiger partial charge in [0.05, 0.1) is 10.9 Å². The Balaban J connectivity index is 1.26. The fraction of sp³-hybridized carbons (Fsp3) is 0.318. The number of piperazine rings is 1. The number of carbonyl (C=O) groups is 1. The van der Waals surface area contributed by atoms with Crippen LogP contribution in [0.3, 0.4) is 0 Å². The molecule has 1 fully saturated rings. The summed E-state index contributed by atoms with van der Waals surface area (Å²) in [6.45, 7) is 3.04. The van der Waals surface area contributed by atoms with Gasteiger partial charge in [-0.1, -0.05) is 17.7 Å².